The number of ether oxygens (including phenoxy) is 1. The molecule has 122 valence electrons. The molecule has 23 heavy (non-hydrogen) atoms. The van der Waals surface area contributed by atoms with Crippen molar-refractivity contribution in [2.24, 2.45) is 5.92 Å². The van der Waals surface area contributed by atoms with Crippen molar-refractivity contribution in [3.05, 3.63) is 45.7 Å². The molecule has 4 heterocycles. The van der Waals surface area contributed by atoms with Gasteiger partial charge in [0.05, 0.1) is 11.8 Å². The lowest BCUT2D eigenvalue weighted by atomic mass is 9.92. The molecule has 0 aromatic carbocycles. The number of rotatable bonds is 3. The summed E-state index contributed by atoms with van der Waals surface area (Å²) >= 11 is 1.80. The fourth-order valence-electron chi connectivity index (χ4n) is 3.72. The molecule has 0 bridgehead atoms. The number of pyridine rings is 1. The van der Waals surface area contributed by atoms with E-state index in [4.69, 9.17) is 9.72 Å². The van der Waals surface area contributed by atoms with Crippen molar-refractivity contribution < 1.29 is 4.74 Å². The van der Waals surface area contributed by atoms with E-state index in [2.05, 4.69) is 29.8 Å². The van der Waals surface area contributed by atoms with Gasteiger partial charge in [-0.05, 0) is 38.3 Å². The van der Waals surface area contributed by atoms with Crippen molar-refractivity contribution in [3.63, 3.8) is 0 Å². The Bertz CT molecular complexity index is 653. The minimum atomic E-state index is 0.209. The third-order valence-electron chi connectivity index (χ3n) is 5.05. The standard InChI is InChI=1S/C18H23N3OS/c1-12-13(2)23-18(20-12)17-8-15-11-21(7-5-16(15)22-17)10-14-4-3-6-19-9-14/h3-4,6,9,15-17H,5,7-8,10-11H2,1-2H3/t15-,16-,17+/m0/s1. The third-order valence-corrected chi connectivity index (χ3v) is 6.22. The highest BCUT2D eigenvalue weighted by atomic mass is 32.1. The monoisotopic (exact) mass is 329 g/mol. The molecule has 4 rings (SSSR count). The Balaban J connectivity index is 1.40. The van der Waals surface area contributed by atoms with E-state index in [1.54, 1.807) is 11.3 Å². The van der Waals surface area contributed by atoms with Gasteiger partial charge >= 0.3 is 0 Å². The molecule has 0 spiro atoms. The Kier molecular flexibility index (Phi) is 4.18. The molecular weight excluding hydrogens is 306 g/mol. The number of aryl methyl sites for hydroxylation is 2. The molecule has 2 fully saturated rings. The van der Waals surface area contributed by atoms with E-state index in [0.29, 0.717) is 12.0 Å². The van der Waals surface area contributed by atoms with Crippen LogP contribution >= 0.6 is 11.3 Å². The fourth-order valence-corrected chi connectivity index (χ4v) is 4.69. The highest BCUT2D eigenvalue weighted by molar-refractivity contribution is 7.11. The Hall–Kier alpha value is -1.30. The van der Waals surface area contributed by atoms with E-state index in [9.17, 15) is 0 Å². The van der Waals surface area contributed by atoms with E-state index in [-0.39, 0.29) is 6.10 Å². The van der Waals surface area contributed by atoms with Gasteiger partial charge < -0.3 is 4.74 Å². The van der Waals surface area contributed by atoms with Crippen LogP contribution in [0.4, 0.5) is 0 Å². The van der Waals surface area contributed by atoms with E-state index in [0.717, 1.165) is 38.2 Å². The number of hydrogen-bond donors (Lipinski definition) is 0. The zero-order valence-electron chi connectivity index (χ0n) is 13.7. The van der Waals surface area contributed by atoms with Crippen molar-refractivity contribution in [2.75, 3.05) is 13.1 Å². The smallest absolute Gasteiger partial charge is 0.122 e. The second kappa shape index (κ2) is 6.30. The molecular formula is C18H23N3OS. The van der Waals surface area contributed by atoms with Gasteiger partial charge in [-0.15, -0.1) is 11.3 Å². The van der Waals surface area contributed by atoms with E-state index >= 15 is 0 Å². The normalized spacial score (nSPS) is 28.0. The molecule has 0 unspecified atom stereocenters. The maximum Gasteiger partial charge on any atom is 0.122 e. The van der Waals surface area contributed by atoms with Gasteiger partial charge in [0.1, 0.15) is 11.1 Å². The lowest BCUT2D eigenvalue weighted by Crippen LogP contribution is -2.40. The van der Waals surface area contributed by atoms with Gasteiger partial charge in [0.2, 0.25) is 0 Å². The number of fused-ring (bicyclic) bond motifs is 1. The Morgan fingerprint density at radius 3 is 3.04 bits per heavy atom. The summed E-state index contributed by atoms with van der Waals surface area (Å²) in [5.41, 5.74) is 2.45. The average molecular weight is 329 g/mol. The van der Waals surface area contributed by atoms with E-state index in [1.165, 1.54) is 15.4 Å². The first-order valence-electron chi connectivity index (χ1n) is 8.39. The predicted octanol–water partition coefficient (Wildman–Crippen LogP) is 3.51. The van der Waals surface area contributed by atoms with Gasteiger partial charge in [-0.3, -0.25) is 9.88 Å². The molecule has 0 saturated carbocycles. The Morgan fingerprint density at radius 2 is 2.30 bits per heavy atom. The third kappa shape index (κ3) is 3.18. The molecule has 2 aliphatic heterocycles. The van der Waals surface area contributed by atoms with Crippen molar-refractivity contribution in [1.82, 2.24) is 14.9 Å². The molecule has 2 aromatic heterocycles. The Morgan fingerprint density at radius 1 is 1.39 bits per heavy atom. The zero-order valence-corrected chi connectivity index (χ0v) is 14.6. The van der Waals surface area contributed by atoms with Gasteiger partial charge in [-0.1, -0.05) is 6.07 Å². The average Bonchev–Trinajstić information content (AvgIpc) is 3.12. The van der Waals surface area contributed by atoms with Crippen LogP contribution in [0.5, 0.6) is 0 Å². The lowest BCUT2D eigenvalue weighted by molar-refractivity contribution is -0.00104. The SMILES string of the molecule is Cc1nc([C@H]2C[C@H]3CN(Cc4cccnc4)CC[C@@H]3O2)sc1C. The molecule has 2 saturated heterocycles. The molecule has 3 atom stereocenters. The van der Waals surface area contributed by atoms with Crippen molar-refractivity contribution in [2.45, 2.75) is 45.4 Å². The Labute approximate surface area is 141 Å². The maximum atomic E-state index is 6.33. The predicted molar refractivity (Wildman–Crippen MR) is 91.4 cm³/mol. The van der Waals surface area contributed by atoms with Gasteiger partial charge in [0.25, 0.3) is 0 Å². The summed E-state index contributed by atoms with van der Waals surface area (Å²) in [6.45, 7) is 7.47. The van der Waals surface area contributed by atoms with Crippen LogP contribution in [0, 0.1) is 19.8 Å². The molecule has 5 heteroatoms. The second-order valence-electron chi connectivity index (χ2n) is 6.74. The first-order chi connectivity index (χ1) is 11.2. The molecule has 0 amide bonds. The number of likely N-dealkylation sites (tertiary alicyclic amines) is 1. The maximum absolute atomic E-state index is 6.33. The van der Waals surface area contributed by atoms with Gasteiger partial charge in [0.15, 0.2) is 0 Å². The lowest BCUT2D eigenvalue weighted by Gasteiger charge is -2.33. The first-order valence-corrected chi connectivity index (χ1v) is 9.21. The van der Waals surface area contributed by atoms with Crippen LogP contribution in [0.15, 0.2) is 24.5 Å². The minimum Gasteiger partial charge on any atom is -0.367 e. The van der Waals surface area contributed by atoms with E-state index in [1.807, 2.05) is 18.5 Å². The fraction of sp³-hybridized carbons (Fsp3) is 0.556. The molecule has 0 radical (unpaired) electrons. The zero-order chi connectivity index (χ0) is 15.8. The van der Waals surface area contributed by atoms with Crippen molar-refractivity contribution in [3.8, 4) is 0 Å². The quantitative estimate of drug-likeness (QED) is 0.864. The number of nitrogens with zero attached hydrogens (tertiary/aromatic N) is 3. The molecule has 0 N–H and O–H groups in total. The molecule has 2 aromatic rings. The van der Waals surface area contributed by atoms with E-state index < -0.39 is 0 Å². The summed E-state index contributed by atoms with van der Waals surface area (Å²) < 4.78 is 6.33. The van der Waals surface area contributed by atoms with Crippen LogP contribution in [0.1, 0.15) is 40.1 Å². The number of piperidine rings is 1. The summed E-state index contributed by atoms with van der Waals surface area (Å²) in [7, 11) is 0. The number of aromatic nitrogens is 2. The summed E-state index contributed by atoms with van der Waals surface area (Å²) in [4.78, 5) is 12.8. The summed E-state index contributed by atoms with van der Waals surface area (Å²) in [6.07, 6.45) is 6.67. The van der Waals surface area contributed by atoms with Gasteiger partial charge in [0, 0.05) is 42.8 Å². The van der Waals surface area contributed by atoms with Crippen LogP contribution in [0.25, 0.3) is 0 Å². The van der Waals surface area contributed by atoms with Crippen LogP contribution in [0.2, 0.25) is 0 Å². The largest absolute Gasteiger partial charge is 0.367 e. The van der Waals surface area contributed by atoms with Crippen LogP contribution in [-0.2, 0) is 11.3 Å². The van der Waals surface area contributed by atoms with Crippen molar-refractivity contribution in [1.29, 1.82) is 0 Å². The highest BCUT2D eigenvalue weighted by Gasteiger charge is 2.40. The van der Waals surface area contributed by atoms with Crippen LogP contribution in [-0.4, -0.2) is 34.1 Å². The molecule has 2 aliphatic rings. The molecule has 4 nitrogen and oxygen atoms in total. The number of thiazole rings is 1. The second-order valence-corrected chi connectivity index (χ2v) is 7.97. The van der Waals surface area contributed by atoms with Crippen LogP contribution < -0.4 is 0 Å². The summed E-state index contributed by atoms with van der Waals surface area (Å²) in [6, 6.07) is 4.18. The summed E-state index contributed by atoms with van der Waals surface area (Å²) in [5, 5.41) is 1.17. The highest BCUT2D eigenvalue weighted by Crippen LogP contribution is 2.42. The molecule has 0 aliphatic carbocycles. The van der Waals surface area contributed by atoms with Crippen LogP contribution in [0.3, 0.4) is 0 Å². The number of hydrogen-bond acceptors (Lipinski definition) is 5. The minimum absolute atomic E-state index is 0.209. The van der Waals surface area contributed by atoms with Crippen molar-refractivity contribution >= 4 is 11.3 Å². The van der Waals surface area contributed by atoms with Gasteiger partial charge in [-0.2, -0.15) is 0 Å². The summed E-state index contributed by atoms with van der Waals surface area (Å²) in [5.74, 6) is 0.634. The first kappa shape index (κ1) is 15.2. The topological polar surface area (TPSA) is 38.2 Å². The van der Waals surface area contributed by atoms with Gasteiger partial charge in [-0.25, -0.2) is 4.98 Å².